The molecule has 2 fully saturated rings. The van der Waals surface area contributed by atoms with Crippen LogP contribution >= 0.6 is 11.6 Å². The van der Waals surface area contributed by atoms with Gasteiger partial charge in [-0.3, -0.25) is 4.57 Å². The predicted octanol–water partition coefficient (Wildman–Crippen LogP) is 0.648. The minimum Gasteiger partial charge on any atom is -0.377 e. The zero-order valence-electron chi connectivity index (χ0n) is 9.23. The van der Waals surface area contributed by atoms with Crippen LogP contribution in [0.15, 0.2) is 10.9 Å². The van der Waals surface area contributed by atoms with Crippen molar-refractivity contribution in [3.63, 3.8) is 0 Å². The van der Waals surface area contributed by atoms with Gasteiger partial charge in [0.05, 0.1) is 31.3 Å². The molecule has 3 aliphatic rings. The minimum absolute atomic E-state index is 0.0264. The van der Waals surface area contributed by atoms with Crippen LogP contribution in [-0.2, 0) is 11.3 Å². The van der Waals surface area contributed by atoms with Crippen LogP contribution in [-0.4, -0.2) is 34.3 Å². The highest BCUT2D eigenvalue weighted by Crippen LogP contribution is 2.46. The molecule has 5 nitrogen and oxygen atoms in total. The summed E-state index contributed by atoms with van der Waals surface area (Å²) >= 11 is 5.89. The van der Waals surface area contributed by atoms with Gasteiger partial charge in [-0.2, -0.15) is 4.98 Å². The quantitative estimate of drug-likeness (QED) is 0.637. The number of aromatic nitrogens is 2. The molecule has 0 N–H and O–H groups in total. The van der Waals surface area contributed by atoms with Gasteiger partial charge in [0.25, 0.3) is 0 Å². The molecule has 1 aromatic heterocycles. The van der Waals surface area contributed by atoms with Gasteiger partial charge in [-0.15, -0.1) is 0 Å². The molecule has 0 aromatic carbocycles. The third-order valence-electron chi connectivity index (χ3n) is 4.16. The Morgan fingerprint density at radius 3 is 3.35 bits per heavy atom. The third-order valence-corrected chi connectivity index (χ3v) is 4.35. The average Bonchev–Trinajstić information content (AvgIpc) is 2.71. The first-order valence-corrected chi connectivity index (χ1v) is 6.22. The molecule has 17 heavy (non-hydrogen) atoms. The van der Waals surface area contributed by atoms with E-state index in [9.17, 15) is 4.79 Å². The van der Waals surface area contributed by atoms with Gasteiger partial charge in [0.15, 0.2) is 0 Å². The van der Waals surface area contributed by atoms with Crippen molar-refractivity contribution in [3.05, 3.63) is 21.7 Å². The highest BCUT2D eigenvalue weighted by atomic mass is 35.5. The Labute approximate surface area is 103 Å². The molecule has 2 saturated heterocycles. The van der Waals surface area contributed by atoms with E-state index in [0.717, 1.165) is 25.3 Å². The molecule has 0 saturated carbocycles. The van der Waals surface area contributed by atoms with Crippen molar-refractivity contribution in [3.8, 4) is 0 Å². The molecule has 4 rings (SSSR count). The van der Waals surface area contributed by atoms with Crippen molar-refractivity contribution in [2.45, 2.75) is 31.0 Å². The number of ether oxygens (including phenoxy) is 1. The Kier molecular flexibility index (Phi) is 1.77. The summed E-state index contributed by atoms with van der Waals surface area (Å²) in [6.07, 6.45) is 2.21. The molecule has 0 aliphatic carbocycles. The summed E-state index contributed by atoms with van der Waals surface area (Å²) in [7, 11) is 0. The van der Waals surface area contributed by atoms with Crippen LogP contribution in [0.3, 0.4) is 0 Å². The van der Waals surface area contributed by atoms with Crippen LogP contribution in [0.5, 0.6) is 0 Å². The van der Waals surface area contributed by atoms with Gasteiger partial charge in [-0.25, -0.2) is 4.79 Å². The van der Waals surface area contributed by atoms with Gasteiger partial charge >= 0.3 is 5.69 Å². The van der Waals surface area contributed by atoms with Crippen LogP contribution in [0, 0.1) is 0 Å². The monoisotopic (exact) mass is 253 g/mol. The molecule has 3 aliphatic heterocycles. The molecule has 2 bridgehead atoms. The van der Waals surface area contributed by atoms with E-state index in [0.29, 0.717) is 19.2 Å². The fraction of sp³-hybridized carbons (Fsp3) is 0.636. The Morgan fingerprint density at radius 2 is 2.47 bits per heavy atom. The lowest BCUT2D eigenvalue weighted by molar-refractivity contribution is 0.0547. The lowest BCUT2D eigenvalue weighted by Crippen LogP contribution is -2.54. The highest BCUT2D eigenvalue weighted by molar-refractivity contribution is 6.29. The molecule has 0 spiro atoms. The van der Waals surface area contributed by atoms with E-state index < -0.39 is 0 Å². The largest absolute Gasteiger partial charge is 0.377 e. The molecule has 0 radical (unpaired) electrons. The lowest BCUT2D eigenvalue weighted by Gasteiger charge is -2.39. The van der Waals surface area contributed by atoms with Gasteiger partial charge in [-0.05, 0) is 12.8 Å². The maximum absolute atomic E-state index is 11.8. The van der Waals surface area contributed by atoms with Crippen molar-refractivity contribution < 1.29 is 4.74 Å². The summed E-state index contributed by atoms with van der Waals surface area (Å²) in [5.74, 6) is 0.917. The van der Waals surface area contributed by atoms with Crippen LogP contribution in [0.2, 0.25) is 5.15 Å². The van der Waals surface area contributed by atoms with Crippen molar-refractivity contribution >= 4 is 17.4 Å². The Balaban J connectivity index is 1.95. The third kappa shape index (κ3) is 1.13. The average molecular weight is 254 g/mol. The van der Waals surface area contributed by atoms with Crippen molar-refractivity contribution in [2.24, 2.45) is 0 Å². The van der Waals surface area contributed by atoms with Crippen molar-refractivity contribution in [1.82, 2.24) is 9.55 Å². The van der Waals surface area contributed by atoms with E-state index in [1.165, 1.54) is 0 Å². The van der Waals surface area contributed by atoms with E-state index in [4.69, 9.17) is 16.3 Å². The number of nitrogens with zero attached hydrogens (tertiary/aromatic N) is 3. The van der Waals surface area contributed by atoms with Crippen LogP contribution in [0.1, 0.15) is 12.8 Å². The minimum atomic E-state index is -0.248. The Hall–Kier alpha value is -1.07. The number of hydrogen-bond donors (Lipinski definition) is 0. The van der Waals surface area contributed by atoms with E-state index >= 15 is 0 Å². The number of anilines is 1. The van der Waals surface area contributed by atoms with Crippen LogP contribution in [0.25, 0.3) is 0 Å². The molecule has 4 heterocycles. The second-order valence-electron chi connectivity index (χ2n) is 5.11. The molecule has 90 valence electrons. The molecule has 2 atom stereocenters. The number of hydrogen-bond acceptors (Lipinski definition) is 4. The van der Waals surface area contributed by atoms with Crippen LogP contribution < -0.4 is 10.6 Å². The molecule has 6 heteroatoms. The van der Waals surface area contributed by atoms with E-state index in [1.54, 1.807) is 10.6 Å². The van der Waals surface area contributed by atoms with Gasteiger partial charge in [0.2, 0.25) is 0 Å². The number of halogens is 1. The molecule has 0 amide bonds. The second-order valence-corrected chi connectivity index (χ2v) is 5.50. The summed E-state index contributed by atoms with van der Waals surface area (Å²) in [4.78, 5) is 18.0. The summed E-state index contributed by atoms with van der Waals surface area (Å²) < 4.78 is 7.38. The summed E-state index contributed by atoms with van der Waals surface area (Å²) in [6, 6.07) is 2.18. The predicted molar refractivity (Wildman–Crippen MR) is 62.6 cm³/mol. The van der Waals surface area contributed by atoms with Gasteiger partial charge in [-0.1, -0.05) is 11.6 Å². The normalized spacial score (nSPS) is 33.7. The first kappa shape index (κ1) is 9.91. The molecule has 1 aromatic rings. The smallest absolute Gasteiger partial charge is 0.350 e. The number of rotatable bonds is 0. The number of fused-ring (bicyclic) bond motifs is 1. The standard InChI is InChI=1S/C11H12ClN3O2/c12-8-3-9-14(10(16)13-8)5-11-2-1-7(15(9)11)4-17-6-11/h3,7H,1-2,4-6H2. The van der Waals surface area contributed by atoms with Crippen molar-refractivity contribution in [1.29, 1.82) is 0 Å². The fourth-order valence-electron chi connectivity index (χ4n) is 3.50. The summed E-state index contributed by atoms with van der Waals surface area (Å²) in [5, 5.41) is 0.282. The zero-order chi connectivity index (χ0) is 11.6. The van der Waals surface area contributed by atoms with E-state index in [-0.39, 0.29) is 16.4 Å². The zero-order valence-corrected chi connectivity index (χ0v) is 9.98. The van der Waals surface area contributed by atoms with Gasteiger partial charge < -0.3 is 9.64 Å². The first-order chi connectivity index (χ1) is 8.20. The maximum atomic E-state index is 11.8. The fourth-order valence-corrected chi connectivity index (χ4v) is 3.67. The number of morpholine rings is 1. The molecular formula is C11H12ClN3O2. The first-order valence-electron chi connectivity index (χ1n) is 5.84. The van der Waals surface area contributed by atoms with Crippen LogP contribution in [0.4, 0.5) is 5.82 Å². The maximum Gasteiger partial charge on any atom is 0.350 e. The molecular weight excluding hydrogens is 242 g/mol. The van der Waals surface area contributed by atoms with Gasteiger partial charge in [0.1, 0.15) is 11.0 Å². The van der Waals surface area contributed by atoms with Gasteiger partial charge in [0, 0.05) is 6.07 Å². The highest BCUT2D eigenvalue weighted by Gasteiger charge is 2.54. The van der Waals surface area contributed by atoms with E-state index in [2.05, 4.69) is 9.88 Å². The SMILES string of the molecule is O=c1nc(Cl)cc2n1CC13CCC(COC1)N23. The summed E-state index contributed by atoms with van der Waals surface area (Å²) in [6.45, 7) is 2.12. The lowest BCUT2D eigenvalue weighted by atomic mass is 9.99. The molecule has 2 unspecified atom stereocenters. The van der Waals surface area contributed by atoms with Crippen molar-refractivity contribution in [2.75, 3.05) is 18.1 Å². The second kappa shape index (κ2) is 3.03. The van der Waals surface area contributed by atoms with E-state index in [1.807, 2.05) is 0 Å². The Bertz CT molecular complexity index is 554. The topological polar surface area (TPSA) is 47.4 Å². The Morgan fingerprint density at radius 1 is 1.59 bits per heavy atom. The summed E-state index contributed by atoms with van der Waals surface area (Å²) in [5.41, 5.74) is -0.275.